The SMILES string of the molecule is CCCCC/C=C\C/C=C\CCCCCCCCCCCC(=O)OCC(COC1OC(C(=O)O)C(O)C(O)C1OC(=O)CCCCCCCCCCCCC)OC(=O)CCCCCCCCCCC. The van der Waals surface area contributed by atoms with Gasteiger partial charge in [0.2, 0.25) is 0 Å². The summed E-state index contributed by atoms with van der Waals surface area (Å²) < 4.78 is 28.3. The number of aliphatic hydroxyl groups is 2. The first kappa shape index (κ1) is 64.2. The molecule has 12 heteroatoms. The van der Waals surface area contributed by atoms with Crippen LogP contribution in [0.4, 0.5) is 0 Å². The van der Waals surface area contributed by atoms with Crippen molar-refractivity contribution in [2.75, 3.05) is 13.2 Å². The van der Waals surface area contributed by atoms with Gasteiger partial charge in [-0.15, -0.1) is 0 Å². The number of aliphatic carboxylic acids is 1. The summed E-state index contributed by atoms with van der Waals surface area (Å²) in [6.07, 6.45) is 38.9. The Morgan fingerprint density at radius 1 is 0.478 bits per heavy atom. The van der Waals surface area contributed by atoms with E-state index in [0.717, 1.165) is 77.0 Å². The van der Waals surface area contributed by atoms with E-state index in [1.54, 1.807) is 0 Å². The Kier molecular flexibility index (Phi) is 43.1. The van der Waals surface area contributed by atoms with Crippen molar-refractivity contribution >= 4 is 23.9 Å². The molecule has 6 unspecified atom stereocenters. The fraction of sp³-hybridized carbons (Fsp3) is 0.860. The number of carboxylic acid groups (broad SMARTS) is 1. The zero-order chi connectivity index (χ0) is 50.4. The Morgan fingerprint density at radius 2 is 0.870 bits per heavy atom. The molecule has 0 bridgehead atoms. The van der Waals surface area contributed by atoms with Crippen LogP contribution in [0.25, 0.3) is 0 Å². The van der Waals surface area contributed by atoms with Gasteiger partial charge in [0, 0.05) is 19.3 Å². The second-order valence-electron chi connectivity index (χ2n) is 19.6. The highest BCUT2D eigenvalue weighted by molar-refractivity contribution is 5.74. The number of allylic oxidation sites excluding steroid dienone is 4. The lowest BCUT2D eigenvalue weighted by Gasteiger charge is -2.40. The lowest BCUT2D eigenvalue weighted by Crippen LogP contribution is -2.61. The first-order valence-electron chi connectivity index (χ1n) is 28.3. The smallest absolute Gasteiger partial charge is 0.335 e. The molecule has 0 aromatic rings. The van der Waals surface area contributed by atoms with Crippen LogP contribution >= 0.6 is 0 Å². The van der Waals surface area contributed by atoms with Gasteiger partial charge in [0.1, 0.15) is 18.8 Å². The van der Waals surface area contributed by atoms with Crippen LogP contribution in [0.5, 0.6) is 0 Å². The number of carboxylic acids is 1. The number of carbonyl (C=O) groups is 4. The van der Waals surface area contributed by atoms with Gasteiger partial charge in [-0.1, -0.05) is 218 Å². The lowest BCUT2D eigenvalue weighted by molar-refractivity contribution is -0.301. The summed E-state index contributed by atoms with van der Waals surface area (Å²) in [5.74, 6) is -3.10. The molecule has 0 spiro atoms. The maximum Gasteiger partial charge on any atom is 0.335 e. The molecule has 1 aliphatic heterocycles. The van der Waals surface area contributed by atoms with E-state index in [4.69, 9.17) is 23.7 Å². The van der Waals surface area contributed by atoms with E-state index in [1.165, 1.54) is 128 Å². The highest BCUT2D eigenvalue weighted by atomic mass is 16.7. The van der Waals surface area contributed by atoms with Gasteiger partial charge in [0.15, 0.2) is 24.6 Å². The fourth-order valence-corrected chi connectivity index (χ4v) is 8.63. The van der Waals surface area contributed by atoms with Crippen molar-refractivity contribution in [2.45, 2.75) is 302 Å². The number of unbranched alkanes of at least 4 members (excludes halogenated alkanes) is 30. The van der Waals surface area contributed by atoms with Crippen molar-refractivity contribution in [1.29, 1.82) is 0 Å². The van der Waals surface area contributed by atoms with Crippen LogP contribution in [0.1, 0.15) is 265 Å². The van der Waals surface area contributed by atoms with Gasteiger partial charge >= 0.3 is 23.9 Å². The zero-order valence-corrected chi connectivity index (χ0v) is 44.1. The highest BCUT2D eigenvalue weighted by Gasteiger charge is 2.50. The largest absolute Gasteiger partial charge is 0.479 e. The first-order chi connectivity index (χ1) is 33.6. The van der Waals surface area contributed by atoms with Gasteiger partial charge in [0.25, 0.3) is 0 Å². The van der Waals surface area contributed by atoms with E-state index in [9.17, 15) is 34.5 Å². The van der Waals surface area contributed by atoms with Gasteiger partial charge in [0.05, 0.1) is 6.61 Å². The van der Waals surface area contributed by atoms with Gasteiger partial charge < -0.3 is 39.0 Å². The van der Waals surface area contributed by atoms with Crippen LogP contribution in [0, 0.1) is 0 Å². The summed E-state index contributed by atoms with van der Waals surface area (Å²) >= 11 is 0. The van der Waals surface area contributed by atoms with Crippen LogP contribution in [0.2, 0.25) is 0 Å². The average molecular weight is 979 g/mol. The summed E-state index contributed by atoms with van der Waals surface area (Å²) in [5.41, 5.74) is 0. The number of hydrogen-bond acceptors (Lipinski definition) is 11. The number of ether oxygens (including phenoxy) is 5. The Balaban J connectivity index is 2.63. The molecule has 1 heterocycles. The molecule has 1 saturated heterocycles. The number of esters is 3. The van der Waals surface area contributed by atoms with E-state index >= 15 is 0 Å². The van der Waals surface area contributed by atoms with Crippen molar-refractivity contribution in [3.05, 3.63) is 24.3 Å². The minimum absolute atomic E-state index is 0.0662. The van der Waals surface area contributed by atoms with E-state index in [-0.39, 0.29) is 25.9 Å². The van der Waals surface area contributed by atoms with Crippen molar-refractivity contribution in [2.24, 2.45) is 0 Å². The third-order valence-electron chi connectivity index (χ3n) is 13.0. The predicted octanol–water partition coefficient (Wildman–Crippen LogP) is 13.9. The van der Waals surface area contributed by atoms with Crippen molar-refractivity contribution in [3.8, 4) is 0 Å². The summed E-state index contributed by atoms with van der Waals surface area (Å²) in [6.45, 7) is 5.93. The molecule has 1 fully saturated rings. The van der Waals surface area contributed by atoms with Crippen LogP contribution in [0.15, 0.2) is 24.3 Å². The number of rotatable bonds is 48. The van der Waals surface area contributed by atoms with Crippen LogP contribution in [-0.4, -0.2) is 89.2 Å². The van der Waals surface area contributed by atoms with Crippen LogP contribution in [0.3, 0.4) is 0 Å². The van der Waals surface area contributed by atoms with Gasteiger partial charge in [-0.25, -0.2) is 4.79 Å². The number of hydrogen-bond donors (Lipinski definition) is 3. The van der Waals surface area contributed by atoms with Gasteiger partial charge in [-0.3, -0.25) is 14.4 Å². The second-order valence-corrected chi connectivity index (χ2v) is 19.6. The Labute approximate surface area is 419 Å². The lowest BCUT2D eigenvalue weighted by atomic mass is 9.98. The normalized spacial score (nSPS) is 18.8. The minimum atomic E-state index is -1.90. The Hall–Kier alpha value is -2.80. The molecule has 69 heavy (non-hydrogen) atoms. The molecule has 0 saturated carbocycles. The summed E-state index contributed by atoms with van der Waals surface area (Å²) in [4.78, 5) is 50.8. The maximum atomic E-state index is 13.0. The van der Waals surface area contributed by atoms with Crippen molar-refractivity contribution in [3.63, 3.8) is 0 Å². The molecular weight excluding hydrogens is 877 g/mol. The summed E-state index contributed by atoms with van der Waals surface area (Å²) in [7, 11) is 0. The fourth-order valence-electron chi connectivity index (χ4n) is 8.63. The van der Waals surface area contributed by atoms with Gasteiger partial charge in [-0.2, -0.15) is 0 Å². The van der Waals surface area contributed by atoms with Crippen LogP contribution in [-0.2, 0) is 42.9 Å². The zero-order valence-electron chi connectivity index (χ0n) is 44.1. The topological polar surface area (TPSA) is 175 Å². The molecule has 402 valence electrons. The van der Waals surface area contributed by atoms with Gasteiger partial charge in [-0.05, 0) is 51.4 Å². The van der Waals surface area contributed by atoms with E-state index in [0.29, 0.717) is 19.3 Å². The van der Waals surface area contributed by atoms with Crippen LogP contribution < -0.4 is 0 Å². The third-order valence-corrected chi connectivity index (χ3v) is 13.0. The average Bonchev–Trinajstić information content (AvgIpc) is 3.33. The minimum Gasteiger partial charge on any atom is -0.479 e. The third kappa shape index (κ3) is 36.7. The molecule has 3 N–H and O–H groups in total. The molecule has 0 radical (unpaired) electrons. The van der Waals surface area contributed by atoms with E-state index in [1.807, 2.05) is 0 Å². The molecule has 0 amide bonds. The monoisotopic (exact) mass is 979 g/mol. The quantitative estimate of drug-likeness (QED) is 0.0228. The predicted molar refractivity (Wildman–Crippen MR) is 276 cm³/mol. The summed E-state index contributed by atoms with van der Waals surface area (Å²) in [6, 6.07) is 0. The maximum absolute atomic E-state index is 13.0. The number of carbonyl (C=O) groups excluding carboxylic acids is 3. The summed E-state index contributed by atoms with van der Waals surface area (Å²) in [5, 5.41) is 31.3. The molecule has 1 aliphatic rings. The van der Waals surface area contributed by atoms with E-state index < -0.39 is 67.3 Å². The molecule has 0 aliphatic carbocycles. The van der Waals surface area contributed by atoms with Crippen molar-refractivity contribution < 1.29 is 58.2 Å². The van der Waals surface area contributed by atoms with Crippen molar-refractivity contribution in [1.82, 2.24) is 0 Å². The molecular formula is C57H102O12. The first-order valence-corrected chi connectivity index (χ1v) is 28.3. The number of aliphatic hydroxyl groups excluding tert-OH is 2. The molecule has 0 aromatic carbocycles. The Bertz CT molecular complexity index is 1300. The molecule has 12 nitrogen and oxygen atoms in total. The second kappa shape index (κ2) is 46.3. The highest BCUT2D eigenvalue weighted by Crippen LogP contribution is 2.26. The molecule has 6 atom stereocenters. The Morgan fingerprint density at radius 3 is 1.33 bits per heavy atom. The molecule has 0 aromatic heterocycles. The molecule has 1 rings (SSSR count). The van der Waals surface area contributed by atoms with E-state index in [2.05, 4.69) is 45.1 Å². The standard InChI is InChI=1S/C57H102O12/c1-4-7-10-13-16-19-21-22-23-24-25-26-27-28-30-32-34-37-40-43-49(58)65-46-48(67-50(59)44-41-38-35-31-18-15-12-9-6-3)47-66-57-55(53(62)52(61)54(69-57)56(63)64)68-51(60)45-42-39-36-33-29-20-17-14-11-8-5-2/h16,19,22-23,48,52-55,57,61-62H,4-15,17-18,20-21,24-47H2,1-3H3,(H,63,64)/b19-16-,23-22-.